The largest absolute Gasteiger partial charge is 0.383 e. The van der Waals surface area contributed by atoms with Gasteiger partial charge in [0, 0.05) is 24.4 Å². The van der Waals surface area contributed by atoms with E-state index < -0.39 is 0 Å². The molecular formula is C13H17ClN2O3. The monoisotopic (exact) mass is 284 g/mol. The van der Waals surface area contributed by atoms with Gasteiger partial charge < -0.3 is 15.4 Å². The van der Waals surface area contributed by atoms with Crippen LogP contribution in [0.2, 0.25) is 5.02 Å². The number of rotatable bonds is 6. The first kappa shape index (κ1) is 15.5. The van der Waals surface area contributed by atoms with E-state index in [1.165, 1.54) is 0 Å². The maximum Gasteiger partial charge on any atom is 0.233 e. The van der Waals surface area contributed by atoms with Crippen LogP contribution in [0.5, 0.6) is 0 Å². The van der Waals surface area contributed by atoms with E-state index in [0.717, 1.165) is 5.56 Å². The zero-order valence-electron chi connectivity index (χ0n) is 11.0. The molecule has 1 aromatic rings. The highest BCUT2D eigenvalue weighted by molar-refractivity contribution is 6.30. The first-order valence-corrected chi connectivity index (χ1v) is 6.22. The van der Waals surface area contributed by atoms with Gasteiger partial charge in [-0.25, -0.2) is 0 Å². The van der Waals surface area contributed by atoms with Gasteiger partial charge in [-0.1, -0.05) is 11.6 Å². The fraction of sp³-hybridized carbons (Fsp3) is 0.385. The highest BCUT2D eigenvalue weighted by Crippen LogP contribution is 2.19. The van der Waals surface area contributed by atoms with Gasteiger partial charge in [0.2, 0.25) is 11.8 Å². The van der Waals surface area contributed by atoms with E-state index in [1.807, 2.05) is 6.92 Å². The first-order valence-electron chi connectivity index (χ1n) is 5.84. The molecule has 0 spiro atoms. The second kappa shape index (κ2) is 7.76. The number of methoxy groups -OCH3 is 1. The Morgan fingerprint density at radius 2 is 2.05 bits per heavy atom. The molecule has 1 aromatic carbocycles. The van der Waals surface area contributed by atoms with E-state index in [9.17, 15) is 9.59 Å². The summed E-state index contributed by atoms with van der Waals surface area (Å²) in [7, 11) is 1.54. The van der Waals surface area contributed by atoms with Crippen LogP contribution >= 0.6 is 11.6 Å². The van der Waals surface area contributed by atoms with Gasteiger partial charge in [-0.2, -0.15) is 0 Å². The highest BCUT2D eigenvalue weighted by Gasteiger charge is 2.10. The van der Waals surface area contributed by atoms with Gasteiger partial charge in [-0.3, -0.25) is 9.59 Å². The zero-order chi connectivity index (χ0) is 14.3. The molecule has 1 rings (SSSR count). The van der Waals surface area contributed by atoms with Crippen molar-refractivity contribution < 1.29 is 14.3 Å². The molecule has 2 N–H and O–H groups in total. The van der Waals surface area contributed by atoms with Gasteiger partial charge in [0.25, 0.3) is 0 Å². The van der Waals surface area contributed by atoms with Crippen molar-refractivity contribution in [3.8, 4) is 0 Å². The van der Waals surface area contributed by atoms with E-state index in [2.05, 4.69) is 10.6 Å². The number of halogens is 1. The number of ether oxygens (including phenoxy) is 1. The van der Waals surface area contributed by atoms with Crippen molar-refractivity contribution in [2.24, 2.45) is 0 Å². The fourth-order valence-corrected chi connectivity index (χ4v) is 1.69. The van der Waals surface area contributed by atoms with Gasteiger partial charge in [-0.15, -0.1) is 0 Å². The lowest BCUT2D eigenvalue weighted by atomic mass is 10.2. The number of carbonyl (C=O) groups is 2. The third kappa shape index (κ3) is 5.72. The molecule has 0 atom stereocenters. The van der Waals surface area contributed by atoms with Gasteiger partial charge in [0.15, 0.2) is 0 Å². The lowest BCUT2D eigenvalue weighted by Gasteiger charge is -2.09. The highest BCUT2D eigenvalue weighted by atomic mass is 35.5. The molecule has 0 aromatic heterocycles. The Morgan fingerprint density at radius 3 is 2.68 bits per heavy atom. The molecule has 0 heterocycles. The number of hydrogen-bond acceptors (Lipinski definition) is 3. The summed E-state index contributed by atoms with van der Waals surface area (Å²) in [6.45, 7) is 2.65. The molecule has 0 aliphatic carbocycles. The van der Waals surface area contributed by atoms with Gasteiger partial charge >= 0.3 is 0 Å². The van der Waals surface area contributed by atoms with Crippen LogP contribution in [0.3, 0.4) is 0 Å². The topological polar surface area (TPSA) is 67.4 Å². The number of aryl methyl sites for hydroxylation is 1. The number of hydrogen-bond donors (Lipinski definition) is 2. The predicted octanol–water partition coefficient (Wildman–Crippen LogP) is 1.74. The molecule has 0 saturated carbocycles. The van der Waals surface area contributed by atoms with Crippen molar-refractivity contribution in [3.05, 3.63) is 28.8 Å². The van der Waals surface area contributed by atoms with Crippen LogP contribution in [-0.4, -0.2) is 32.1 Å². The zero-order valence-corrected chi connectivity index (χ0v) is 11.7. The lowest BCUT2D eigenvalue weighted by Crippen LogP contribution is -2.30. The maximum absolute atomic E-state index is 11.7. The Labute approximate surface area is 117 Å². The summed E-state index contributed by atoms with van der Waals surface area (Å²) in [5, 5.41) is 5.85. The van der Waals surface area contributed by atoms with Crippen LogP contribution < -0.4 is 10.6 Å². The number of benzene rings is 1. The number of anilines is 1. The van der Waals surface area contributed by atoms with Crippen LogP contribution in [0.15, 0.2) is 18.2 Å². The van der Waals surface area contributed by atoms with Crippen molar-refractivity contribution >= 4 is 29.1 Å². The van der Waals surface area contributed by atoms with Gasteiger partial charge in [-0.05, 0) is 30.7 Å². The quantitative estimate of drug-likeness (QED) is 0.618. The summed E-state index contributed by atoms with van der Waals surface area (Å²) in [5.41, 5.74) is 1.50. The number of carbonyl (C=O) groups excluding carboxylic acids is 2. The summed E-state index contributed by atoms with van der Waals surface area (Å²) >= 11 is 5.82. The second-order valence-electron chi connectivity index (χ2n) is 4.03. The van der Waals surface area contributed by atoms with Crippen LogP contribution in [0.1, 0.15) is 12.0 Å². The second-order valence-corrected chi connectivity index (χ2v) is 4.46. The van der Waals surface area contributed by atoms with E-state index in [1.54, 1.807) is 25.3 Å². The normalized spacial score (nSPS) is 10.1. The molecule has 0 aliphatic heterocycles. The molecule has 2 amide bonds. The van der Waals surface area contributed by atoms with Crippen LogP contribution in [0.4, 0.5) is 5.69 Å². The fourth-order valence-electron chi connectivity index (χ4n) is 1.46. The van der Waals surface area contributed by atoms with Crippen molar-refractivity contribution in [1.82, 2.24) is 5.32 Å². The average molecular weight is 285 g/mol. The van der Waals surface area contributed by atoms with E-state index in [4.69, 9.17) is 16.3 Å². The Morgan fingerprint density at radius 1 is 1.32 bits per heavy atom. The molecule has 0 radical (unpaired) electrons. The molecule has 0 fully saturated rings. The van der Waals surface area contributed by atoms with Gasteiger partial charge in [0.1, 0.15) is 6.42 Å². The summed E-state index contributed by atoms with van der Waals surface area (Å²) in [6, 6.07) is 5.14. The molecule has 0 unspecified atom stereocenters. The van der Waals surface area contributed by atoms with Crippen molar-refractivity contribution in [2.45, 2.75) is 13.3 Å². The summed E-state index contributed by atoms with van der Waals surface area (Å²) in [6.07, 6.45) is -0.216. The first-order chi connectivity index (χ1) is 9.02. The number of nitrogens with one attached hydrogen (secondary N) is 2. The molecule has 19 heavy (non-hydrogen) atoms. The third-order valence-electron chi connectivity index (χ3n) is 2.41. The summed E-state index contributed by atoms with van der Waals surface area (Å²) < 4.78 is 4.79. The van der Waals surface area contributed by atoms with Gasteiger partial charge in [0.05, 0.1) is 6.61 Å². The molecule has 0 aliphatic rings. The standard InChI is InChI=1S/C13H17ClN2O3/c1-9-7-10(14)3-4-11(9)16-13(18)8-12(17)15-5-6-19-2/h3-4,7H,5-6,8H2,1-2H3,(H,15,17)(H,16,18). The molecule has 0 bridgehead atoms. The van der Waals surface area contributed by atoms with Crippen molar-refractivity contribution in [1.29, 1.82) is 0 Å². The minimum absolute atomic E-state index is 0.216. The molecule has 6 heteroatoms. The minimum atomic E-state index is -0.361. The third-order valence-corrected chi connectivity index (χ3v) is 2.65. The van der Waals surface area contributed by atoms with E-state index in [-0.39, 0.29) is 18.2 Å². The lowest BCUT2D eigenvalue weighted by molar-refractivity contribution is -0.126. The SMILES string of the molecule is COCCNC(=O)CC(=O)Nc1ccc(Cl)cc1C. The molecule has 5 nitrogen and oxygen atoms in total. The molecule has 0 saturated heterocycles. The smallest absolute Gasteiger partial charge is 0.233 e. The van der Waals surface area contributed by atoms with Crippen LogP contribution in [0.25, 0.3) is 0 Å². The Bertz CT molecular complexity index is 463. The Balaban J connectivity index is 2.44. The summed E-state index contributed by atoms with van der Waals surface area (Å²) in [5.74, 6) is -0.693. The van der Waals surface area contributed by atoms with Crippen molar-refractivity contribution in [3.63, 3.8) is 0 Å². The summed E-state index contributed by atoms with van der Waals surface area (Å²) in [4.78, 5) is 23.1. The Hall–Kier alpha value is -1.59. The molecule has 104 valence electrons. The predicted molar refractivity (Wildman–Crippen MR) is 74.3 cm³/mol. The maximum atomic E-state index is 11.7. The van der Waals surface area contributed by atoms with E-state index >= 15 is 0 Å². The average Bonchev–Trinajstić information content (AvgIpc) is 2.33. The Kier molecular flexibility index (Phi) is 6.32. The van der Waals surface area contributed by atoms with Crippen molar-refractivity contribution in [2.75, 3.05) is 25.6 Å². The van der Waals surface area contributed by atoms with Crippen LogP contribution in [0, 0.1) is 6.92 Å². The minimum Gasteiger partial charge on any atom is -0.383 e. The van der Waals surface area contributed by atoms with Crippen LogP contribution in [-0.2, 0) is 14.3 Å². The number of amides is 2. The molecular weight excluding hydrogens is 268 g/mol. The van der Waals surface area contributed by atoms with E-state index in [0.29, 0.717) is 23.9 Å².